The number of methoxy groups -OCH3 is 1. The molecule has 0 aliphatic carbocycles. The zero-order valence-corrected chi connectivity index (χ0v) is 39.4. The van der Waals surface area contributed by atoms with Gasteiger partial charge in [-0.2, -0.15) is 0 Å². The van der Waals surface area contributed by atoms with Gasteiger partial charge in [-0.3, -0.25) is 29.3 Å². The van der Waals surface area contributed by atoms with Gasteiger partial charge in [-0.05, 0) is 86.3 Å². The van der Waals surface area contributed by atoms with Gasteiger partial charge in [0, 0.05) is 51.1 Å². The van der Waals surface area contributed by atoms with Crippen LogP contribution in [0.5, 0.6) is 17.2 Å². The van der Waals surface area contributed by atoms with Gasteiger partial charge >= 0.3 is 6.09 Å². The van der Waals surface area contributed by atoms with Gasteiger partial charge in [0.1, 0.15) is 29.2 Å². The van der Waals surface area contributed by atoms with Crippen LogP contribution in [-0.4, -0.2) is 134 Å². The minimum atomic E-state index is -0.454. The summed E-state index contributed by atoms with van der Waals surface area (Å²) in [7, 11) is 1.58. The number of fused-ring (bicyclic) bond motifs is 3. The number of hydrogen-bond acceptors (Lipinski definition) is 13. The SMILES string of the molecule is CCOc1ccccc1-n1c(CN2CCN(C(=O)COc3ccc(COCCOCCOCN4C5CCCC4CC(OC(=O)Nc4cc(C)ccc4OC)C5)cc3)CC2)nc2ccccc2c1=O. The van der Waals surface area contributed by atoms with Crippen LogP contribution >= 0.6 is 0 Å². The van der Waals surface area contributed by atoms with E-state index < -0.39 is 6.09 Å². The Morgan fingerprint density at radius 1 is 0.794 bits per heavy atom. The van der Waals surface area contributed by atoms with Gasteiger partial charge in [-0.25, -0.2) is 9.78 Å². The number of nitrogens with zero attached hydrogens (tertiary/aromatic N) is 5. The number of piperazine rings is 1. The molecule has 1 N–H and O–H groups in total. The minimum Gasteiger partial charge on any atom is -0.495 e. The molecule has 8 rings (SSSR count). The lowest BCUT2D eigenvalue weighted by Gasteiger charge is -2.48. The summed E-state index contributed by atoms with van der Waals surface area (Å²) >= 11 is 0. The highest BCUT2D eigenvalue weighted by atomic mass is 16.6. The Bertz CT molecular complexity index is 2500. The van der Waals surface area contributed by atoms with Crippen molar-refractivity contribution in [2.45, 2.75) is 77.3 Å². The maximum absolute atomic E-state index is 13.9. The normalized spacial score (nSPS) is 18.6. The third-order valence-electron chi connectivity index (χ3n) is 12.8. The molecule has 2 unspecified atom stereocenters. The number of aromatic nitrogens is 2. The lowest BCUT2D eigenvalue weighted by Crippen LogP contribution is -2.54. The second-order valence-corrected chi connectivity index (χ2v) is 17.5. The first-order valence-corrected chi connectivity index (χ1v) is 23.8. The van der Waals surface area contributed by atoms with Crippen LogP contribution in [0, 0.1) is 6.92 Å². The molecule has 3 aliphatic rings. The fourth-order valence-corrected chi connectivity index (χ4v) is 9.37. The molecule has 68 heavy (non-hydrogen) atoms. The van der Waals surface area contributed by atoms with Crippen molar-refractivity contribution in [2.75, 3.05) is 85.0 Å². The number of carbonyl (C=O) groups is 2. The largest absolute Gasteiger partial charge is 0.495 e. The Hall–Kier alpha value is -6.04. The minimum absolute atomic E-state index is 0.0580. The highest BCUT2D eigenvalue weighted by Crippen LogP contribution is 2.36. The van der Waals surface area contributed by atoms with Crippen molar-refractivity contribution in [3.8, 4) is 22.9 Å². The summed E-state index contributed by atoms with van der Waals surface area (Å²) in [6.45, 7) is 9.88. The van der Waals surface area contributed by atoms with Crippen molar-refractivity contribution in [1.82, 2.24) is 24.3 Å². The molecule has 16 heteroatoms. The third-order valence-corrected chi connectivity index (χ3v) is 12.8. The van der Waals surface area contributed by atoms with Crippen molar-refractivity contribution in [3.63, 3.8) is 0 Å². The van der Waals surface area contributed by atoms with Gasteiger partial charge in [0.25, 0.3) is 11.5 Å². The molecule has 2 bridgehead atoms. The Morgan fingerprint density at radius 2 is 1.51 bits per heavy atom. The van der Waals surface area contributed by atoms with Crippen molar-refractivity contribution >= 4 is 28.6 Å². The van der Waals surface area contributed by atoms with E-state index in [1.54, 1.807) is 17.7 Å². The average Bonchev–Trinajstić information content (AvgIpc) is 3.34. The summed E-state index contributed by atoms with van der Waals surface area (Å²) < 4.78 is 42.4. The van der Waals surface area contributed by atoms with E-state index in [0.717, 1.165) is 36.8 Å². The monoisotopic (exact) mass is 932 g/mol. The van der Waals surface area contributed by atoms with Gasteiger partial charge in [-0.1, -0.05) is 48.9 Å². The molecule has 2 amide bonds. The molecular weight excluding hydrogens is 869 g/mol. The van der Waals surface area contributed by atoms with Crippen molar-refractivity contribution < 1.29 is 42.7 Å². The van der Waals surface area contributed by atoms with E-state index in [-0.39, 0.29) is 24.2 Å². The highest BCUT2D eigenvalue weighted by Gasteiger charge is 2.40. The summed E-state index contributed by atoms with van der Waals surface area (Å²) in [5.41, 5.74) is 3.78. The van der Waals surface area contributed by atoms with Crippen LogP contribution in [0.3, 0.4) is 0 Å². The highest BCUT2D eigenvalue weighted by molar-refractivity contribution is 5.87. The number of para-hydroxylation sites is 3. The van der Waals surface area contributed by atoms with E-state index in [1.807, 2.05) is 104 Å². The molecule has 5 aromatic rings. The zero-order chi connectivity index (χ0) is 47.2. The number of anilines is 1. The van der Waals surface area contributed by atoms with Crippen LogP contribution in [0.4, 0.5) is 10.5 Å². The summed E-state index contributed by atoms with van der Waals surface area (Å²) in [5, 5.41) is 3.41. The number of hydrogen-bond donors (Lipinski definition) is 1. The van der Waals surface area contributed by atoms with Crippen LogP contribution < -0.4 is 25.1 Å². The van der Waals surface area contributed by atoms with E-state index in [2.05, 4.69) is 15.1 Å². The van der Waals surface area contributed by atoms with Crippen molar-refractivity contribution in [2.24, 2.45) is 0 Å². The molecule has 1 aromatic heterocycles. The standard InChI is InChI=1S/C52H64N6O10/c1-4-66-48-15-8-7-14-46(48)58-49(53-44-13-6-5-12-43(44)51(58)60)33-55-22-24-56(25-23-55)50(59)35-67-41-19-17-38(18-20-41)34-64-28-26-63-27-29-65-36-57-39-10-9-11-40(57)32-42(31-39)68-52(61)54-45-30-37(2)16-21-47(45)62-3/h5-8,12-21,30,39-40,42H,4,9-11,22-29,31-36H2,1-3H3,(H,54,61). The smallest absolute Gasteiger partial charge is 0.412 e. The van der Waals surface area contributed by atoms with E-state index in [4.69, 9.17) is 38.1 Å². The Labute approximate surface area is 398 Å². The van der Waals surface area contributed by atoms with Crippen LogP contribution in [-0.2, 0) is 36.9 Å². The second-order valence-electron chi connectivity index (χ2n) is 17.5. The maximum atomic E-state index is 13.9. The zero-order valence-electron chi connectivity index (χ0n) is 39.4. The van der Waals surface area contributed by atoms with Crippen LogP contribution in [0.2, 0.25) is 0 Å². The van der Waals surface area contributed by atoms with Gasteiger partial charge in [0.15, 0.2) is 6.61 Å². The van der Waals surface area contributed by atoms with Gasteiger partial charge in [0.2, 0.25) is 0 Å². The summed E-state index contributed by atoms with van der Waals surface area (Å²) in [4.78, 5) is 51.3. The molecule has 3 aliphatic heterocycles. The van der Waals surface area contributed by atoms with Crippen molar-refractivity contribution in [1.29, 1.82) is 0 Å². The number of carbonyl (C=O) groups excluding carboxylic acids is 2. The number of benzene rings is 4. The van der Waals surface area contributed by atoms with Crippen LogP contribution in [0.15, 0.2) is 95.8 Å². The number of piperidine rings is 2. The number of amides is 2. The predicted molar refractivity (Wildman–Crippen MR) is 258 cm³/mol. The first-order chi connectivity index (χ1) is 33.3. The molecule has 3 fully saturated rings. The molecule has 0 spiro atoms. The molecule has 0 saturated carbocycles. The van der Waals surface area contributed by atoms with E-state index in [9.17, 15) is 14.4 Å². The van der Waals surface area contributed by atoms with Gasteiger partial charge in [0.05, 0.1) is 82.3 Å². The molecular formula is C52H64N6O10. The van der Waals surface area contributed by atoms with Crippen LogP contribution in [0.1, 0.15) is 56.0 Å². The number of nitrogens with one attached hydrogen (secondary N) is 1. The van der Waals surface area contributed by atoms with Gasteiger partial charge in [-0.15, -0.1) is 0 Å². The molecule has 16 nitrogen and oxygen atoms in total. The fraction of sp³-hybridized carbons (Fsp3) is 0.462. The topological polar surface area (TPSA) is 155 Å². The summed E-state index contributed by atoms with van der Waals surface area (Å²) in [5.74, 6) is 2.37. The number of aryl methyl sites for hydroxylation is 1. The van der Waals surface area contributed by atoms with Gasteiger partial charge < -0.3 is 38.1 Å². The first-order valence-electron chi connectivity index (χ1n) is 23.8. The quantitative estimate of drug-likeness (QED) is 0.0755. The predicted octanol–water partition coefficient (Wildman–Crippen LogP) is 6.97. The van der Waals surface area contributed by atoms with Crippen molar-refractivity contribution in [3.05, 3.63) is 118 Å². The van der Waals surface area contributed by atoms with Crippen LogP contribution in [0.25, 0.3) is 16.6 Å². The van der Waals surface area contributed by atoms with E-state index >= 15 is 0 Å². The summed E-state index contributed by atoms with van der Waals surface area (Å²) in [6.07, 6.45) is 4.26. The molecule has 4 heterocycles. The van der Waals surface area contributed by atoms with E-state index in [0.29, 0.717) is 137 Å². The second kappa shape index (κ2) is 23.8. The first kappa shape index (κ1) is 48.4. The Morgan fingerprint density at radius 3 is 2.28 bits per heavy atom. The lowest BCUT2D eigenvalue weighted by molar-refractivity contribution is -0.135. The molecule has 3 saturated heterocycles. The lowest BCUT2D eigenvalue weighted by atomic mass is 9.83. The molecule has 4 aromatic carbocycles. The average molecular weight is 933 g/mol. The third kappa shape index (κ3) is 12.5. The van der Waals surface area contributed by atoms with E-state index in [1.165, 1.54) is 6.42 Å². The summed E-state index contributed by atoms with van der Waals surface area (Å²) in [6, 6.07) is 28.8. The number of rotatable bonds is 21. The maximum Gasteiger partial charge on any atom is 0.412 e. The Kier molecular flexibility index (Phi) is 16.9. The number of ether oxygens (including phenoxy) is 7. The molecule has 0 radical (unpaired) electrons. The Balaban J connectivity index is 0.690. The fourth-order valence-electron chi connectivity index (χ4n) is 9.37. The molecule has 2 atom stereocenters. The molecule has 362 valence electrons.